The quantitative estimate of drug-likeness (QED) is 0.247. The largest absolute Gasteiger partial charge is 0.496 e. The third-order valence-corrected chi connectivity index (χ3v) is 6.75. The van der Waals surface area contributed by atoms with Gasteiger partial charge in [-0.1, -0.05) is 55.0 Å². The van der Waals surface area contributed by atoms with Crippen molar-refractivity contribution in [3.05, 3.63) is 71.0 Å². The van der Waals surface area contributed by atoms with Gasteiger partial charge < -0.3 is 20.5 Å². The van der Waals surface area contributed by atoms with Gasteiger partial charge in [-0.15, -0.1) is 0 Å². The van der Waals surface area contributed by atoms with Gasteiger partial charge in [0.2, 0.25) is 0 Å². The van der Waals surface area contributed by atoms with E-state index in [2.05, 4.69) is 15.6 Å². The second kappa shape index (κ2) is 10.5. The van der Waals surface area contributed by atoms with Crippen LogP contribution in [0.25, 0.3) is 21.3 Å². The van der Waals surface area contributed by atoms with Gasteiger partial charge in [0.05, 0.1) is 22.4 Å². The number of thiazole rings is 1. The normalized spacial score (nSPS) is 11.9. The third kappa shape index (κ3) is 5.42. The Bertz CT molecular complexity index is 1440. The number of ether oxygens (including phenoxy) is 1. The molecule has 0 saturated carbocycles. The van der Waals surface area contributed by atoms with Gasteiger partial charge in [-0.25, -0.2) is 14.2 Å². The average Bonchev–Trinajstić information content (AvgIpc) is 3.24. The Morgan fingerprint density at radius 3 is 2.42 bits per heavy atom. The Morgan fingerprint density at radius 2 is 1.78 bits per heavy atom. The number of nitrogens with one attached hydrogen (secondary N) is 2. The standard InChI is InChI=1S/C26H23ClFN3O4S/c1-13(2)22(25(33)34)30-24(32)18-9-6-15(10-20(18)35-3)14-4-7-17(8-5-14)29-26-31-23-19(27)11-16(28)12-21(23)36-26/h4-13,22H,1-3H3,(H,29,31)(H,30,32)(H,33,34)/t22-/m0/s1. The number of carbonyl (C=O) groups excluding carboxylic acids is 1. The number of carbonyl (C=O) groups is 2. The van der Waals surface area contributed by atoms with E-state index < -0.39 is 23.7 Å². The minimum absolute atomic E-state index is 0.248. The van der Waals surface area contributed by atoms with Crippen LogP contribution in [0, 0.1) is 11.7 Å². The number of halogens is 2. The van der Waals surface area contributed by atoms with Gasteiger partial charge in [0.25, 0.3) is 5.91 Å². The Morgan fingerprint density at radius 1 is 1.08 bits per heavy atom. The predicted octanol–water partition coefficient (Wildman–Crippen LogP) is 6.35. The van der Waals surface area contributed by atoms with Crippen LogP contribution in [0.2, 0.25) is 5.02 Å². The molecule has 1 heterocycles. The monoisotopic (exact) mass is 527 g/mol. The van der Waals surface area contributed by atoms with E-state index in [0.29, 0.717) is 21.1 Å². The number of carboxylic acids is 1. The van der Waals surface area contributed by atoms with E-state index in [0.717, 1.165) is 16.8 Å². The maximum atomic E-state index is 13.6. The molecule has 0 saturated heterocycles. The zero-order valence-corrected chi connectivity index (χ0v) is 21.2. The number of benzene rings is 3. The predicted molar refractivity (Wildman–Crippen MR) is 140 cm³/mol. The molecule has 0 spiro atoms. The Labute approximate surface area is 215 Å². The van der Waals surface area contributed by atoms with Crippen LogP contribution in [0.3, 0.4) is 0 Å². The van der Waals surface area contributed by atoms with Crippen molar-refractivity contribution >= 4 is 55.8 Å². The van der Waals surface area contributed by atoms with Gasteiger partial charge in [0.1, 0.15) is 23.1 Å². The number of anilines is 2. The molecule has 4 aromatic rings. The number of rotatable bonds is 8. The number of aliphatic carboxylic acids is 1. The molecule has 0 aliphatic carbocycles. The van der Waals surface area contributed by atoms with E-state index in [1.54, 1.807) is 32.0 Å². The minimum Gasteiger partial charge on any atom is -0.496 e. The molecule has 186 valence electrons. The lowest BCUT2D eigenvalue weighted by atomic mass is 10.0. The second-order valence-corrected chi connectivity index (χ2v) is 9.84. The highest BCUT2D eigenvalue weighted by Crippen LogP contribution is 2.34. The highest BCUT2D eigenvalue weighted by molar-refractivity contribution is 7.22. The maximum Gasteiger partial charge on any atom is 0.326 e. The summed E-state index contributed by atoms with van der Waals surface area (Å²) in [5.41, 5.74) is 3.27. The molecule has 3 N–H and O–H groups in total. The fraction of sp³-hybridized carbons (Fsp3) is 0.192. The van der Waals surface area contributed by atoms with Crippen LogP contribution >= 0.6 is 22.9 Å². The number of amides is 1. The summed E-state index contributed by atoms with van der Waals surface area (Å²) in [6.07, 6.45) is 0. The zero-order chi connectivity index (χ0) is 26.0. The molecule has 4 rings (SSSR count). The first kappa shape index (κ1) is 25.4. The van der Waals surface area contributed by atoms with Crippen molar-refractivity contribution in [2.75, 3.05) is 12.4 Å². The van der Waals surface area contributed by atoms with Crippen molar-refractivity contribution in [3.63, 3.8) is 0 Å². The van der Waals surface area contributed by atoms with E-state index in [1.807, 2.05) is 24.3 Å². The van der Waals surface area contributed by atoms with Crippen LogP contribution in [0.5, 0.6) is 5.75 Å². The highest BCUT2D eigenvalue weighted by atomic mass is 35.5. The second-order valence-electron chi connectivity index (χ2n) is 8.40. The molecule has 0 bridgehead atoms. The van der Waals surface area contributed by atoms with E-state index in [9.17, 15) is 19.1 Å². The molecule has 0 aliphatic heterocycles. The molecule has 0 radical (unpaired) electrons. The van der Waals surface area contributed by atoms with Crippen LogP contribution in [-0.4, -0.2) is 35.1 Å². The van der Waals surface area contributed by atoms with Crippen LogP contribution in [0.15, 0.2) is 54.6 Å². The summed E-state index contributed by atoms with van der Waals surface area (Å²) in [5, 5.41) is 16.0. The molecule has 1 aromatic heterocycles. The lowest BCUT2D eigenvalue weighted by Gasteiger charge is -2.19. The number of fused-ring (bicyclic) bond motifs is 1. The highest BCUT2D eigenvalue weighted by Gasteiger charge is 2.25. The van der Waals surface area contributed by atoms with Crippen molar-refractivity contribution in [1.82, 2.24) is 10.3 Å². The summed E-state index contributed by atoms with van der Waals surface area (Å²) in [7, 11) is 1.45. The molecule has 7 nitrogen and oxygen atoms in total. The molecular weight excluding hydrogens is 505 g/mol. The van der Waals surface area contributed by atoms with Crippen molar-refractivity contribution < 1.29 is 23.8 Å². The van der Waals surface area contributed by atoms with E-state index >= 15 is 0 Å². The molecule has 0 unspecified atom stereocenters. The van der Waals surface area contributed by atoms with Gasteiger partial charge in [0, 0.05) is 5.69 Å². The van der Waals surface area contributed by atoms with Gasteiger partial charge in [-0.2, -0.15) is 0 Å². The van der Waals surface area contributed by atoms with Crippen molar-refractivity contribution in [2.45, 2.75) is 19.9 Å². The summed E-state index contributed by atoms with van der Waals surface area (Å²) >= 11 is 7.39. The van der Waals surface area contributed by atoms with E-state index in [1.165, 1.54) is 30.6 Å². The lowest BCUT2D eigenvalue weighted by molar-refractivity contribution is -0.140. The summed E-state index contributed by atoms with van der Waals surface area (Å²) in [5.74, 6) is -1.96. The fourth-order valence-corrected chi connectivity index (χ4v) is 4.91. The van der Waals surface area contributed by atoms with E-state index in [4.69, 9.17) is 16.3 Å². The van der Waals surface area contributed by atoms with E-state index in [-0.39, 0.29) is 16.5 Å². The molecule has 3 aromatic carbocycles. The smallest absolute Gasteiger partial charge is 0.326 e. The van der Waals surface area contributed by atoms with Crippen LogP contribution < -0.4 is 15.4 Å². The SMILES string of the molecule is COc1cc(-c2ccc(Nc3nc4c(Cl)cc(F)cc4s3)cc2)ccc1C(=O)N[C@H](C(=O)O)C(C)C. The topological polar surface area (TPSA) is 101 Å². The number of carboxylic acid groups (broad SMARTS) is 1. The number of aromatic nitrogens is 1. The van der Waals surface area contributed by atoms with Gasteiger partial charge in [0.15, 0.2) is 5.13 Å². The third-order valence-electron chi connectivity index (χ3n) is 5.55. The molecule has 0 aliphatic rings. The summed E-state index contributed by atoms with van der Waals surface area (Å²) < 4.78 is 19.7. The van der Waals surface area contributed by atoms with Crippen LogP contribution in [0.4, 0.5) is 15.2 Å². The average molecular weight is 528 g/mol. The number of hydrogen-bond donors (Lipinski definition) is 3. The molecule has 1 amide bonds. The van der Waals surface area contributed by atoms with Crippen molar-refractivity contribution in [3.8, 4) is 16.9 Å². The maximum absolute atomic E-state index is 13.6. The van der Waals surface area contributed by atoms with Crippen molar-refractivity contribution in [1.29, 1.82) is 0 Å². The van der Waals surface area contributed by atoms with Gasteiger partial charge in [-0.3, -0.25) is 4.79 Å². The number of hydrogen-bond acceptors (Lipinski definition) is 6. The molecule has 36 heavy (non-hydrogen) atoms. The lowest BCUT2D eigenvalue weighted by Crippen LogP contribution is -2.44. The molecule has 10 heteroatoms. The van der Waals surface area contributed by atoms with Crippen LogP contribution in [0.1, 0.15) is 24.2 Å². The summed E-state index contributed by atoms with van der Waals surface area (Å²) in [6.45, 7) is 3.45. The first-order valence-electron chi connectivity index (χ1n) is 11.0. The molecule has 1 atom stereocenters. The zero-order valence-electron chi connectivity index (χ0n) is 19.6. The number of nitrogens with zero attached hydrogens (tertiary/aromatic N) is 1. The Hall–Kier alpha value is -3.69. The molecule has 0 fully saturated rings. The summed E-state index contributed by atoms with van der Waals surface area (Å²) in [4.78, 5) is 28.6. The van der Waals surface area contributed by atoms with Crippen LogP contribution in [-0.2, 0) is 4.79 Å². The Kier molecular flexibility index (Phi) is 7.42. The Balaban J connectivity index is 1.52. The summed E-state index contributed by atoms with van der Waals surface area (Å²) in [6, 6.07) is 14.3. The van der Waals surface area contributed by atoms with Gasteiger partial charge >= 0.3 is 5.97 Å². The first-order valence-corrected chi connectivity index (χ1v) is 12.2. The number of methoxy groups -OCH3 is 1. The first-order chi connectivity index (χ1) is 17.2. The molecular formula is C26H23ClFN3O4S. The van der Waals surface area contributed by atoms with Crippen molar-refractivity contribution in [2.24, 2.45) is 5.92 Å². The van der Waals surface area contributed by atoms with Gasteiger partial charge in [-0.05, 0) is 53.4 Å². The fourth-order valence-electron chi connectivity index (χ4n) is 3.67. The minimum atomic E-state index is -1.09.